The number of hydrogen-bond donors (Lipinski definition) is 0. The summed E-state index contributed by atoms with van der Waals surface area (Å²) in [5.74, 6) is -0.416. The van der Waals surface area contributed by atoms with Gasteiger partial charge in [0.05, 0.1) is 22.2 Å². The van der Waals surface area contributed by atoms with Crippen LogP contribution in [-0.4, -0.2) is 46.8 Å². The molecule has 0 amide bonds. The van der Waals surface area contributed by atoms with E-state index in [0.29, 0.717) is 35.4 Å². The molecule has 194 valence electrons. The maximum atomic E-state index is 13.2. The average Bonchev–Trinajstić information content (AvgIpc) is 3.38. The van der Waals surface area contributed by atoms with Crippen LogP contribution in [0.5, 0.6) is 0 Å². The fourth-order valence-corrected chi connectivity index (χ4v) is 5.96. The third kappa shape index (κ3) is 5.94. The lowest BCUT2D eigenvalue weighted by atomic mass is 10.0. The summed E-state index contributed by atoms with van der Waals surface area (Å²) in [5, 5.41) is 0. The number of rotatable bonds is 8. The fraction of sp³-hybridized carbons (Fsp3) is 0.308. The van der Waals surface area contributed by atoms with E-state index in [0.717, 1.165) is 12.1 Å². The van der Waals surface area contributed by atoms with Gasteiger partial charge >= 0.3 is 6.18 Å². The molecule has 1 aliphatic heterocycles. The molecule has 11 heteroatoms. The van der Waals surface area contributed by atoms with Crippen molar-refractivity contribution in [3.63, 3.8) is 0 Å². The van der Waals surface area contributed by atoms with Gasteiger partial charge in [-0.05, 0) is 56.5 Å². The van der Waals surface area contributed by atoms with Crippen molar-refractivity contribution in [1.29, 1.82) is 0 Å². The number of aryl methyl sites for hydroxylation is 1. The van der Waals surface area contributed by atoms with E-state index >= 15 is 0 Å². The van der Waals surface area contributed by atoms with Crippen LogP contribution < -0.4 is 0 Å². The van der Waals surface area contributed by atoms with Gasteiger partial charge in [0, 0.05) is 29.8 Å². The molecule has 2 heterocycles. The number of sulfonamides is 1. The summed E-state index contributed by atoms with van der Waals surface area (Å²) in [6.45, 7) is 1.61. The third-order valence-electron chi connectivity index (χ3n) is 6.30. The van der Waals surface area contributed by atoms with Gasteiger partial charge in [0.25, 0.3) is 0 Å². The van der Waals surface area contributed by atoms with Gasteiger partial charge < -0.3 is 0 Å². The van der Waals surface area contributed by atoms with E-state index in [9.17, 15) is 31.2 Å². The lowest BCUT2D eigenvalue weighted by molar-refractivity contribution is -0.137. The number of nitrogens with zero attached hydrogens (tertiary/aromatic N) is 3. The molecule has 0 spiro atoms. The molecular weight excluding hydrogens is 507 g/mol. The summed E-state index contributed by atoms with van der Waals surface area (Å²) >= 11 is 0. The predicted octanol–water partition coefficient (Wildman–Crippen LogP) is 4.72. The van der Waals surface area contributed by atoms with Crippen molar-refractivity contribution in [3.8, 4) is 11.3 Å². The van der Waals surface area contributed by atoms with Gasteiger partial charge in [0.1, 0.15) is 6.33 Å². The average molecular weight is 532 g/mol. The van der Waals surface area contributed by atoms with E-state index in [1.54, 1.807) is 6.07 Å². The van der Waals surface area contributed by atoms with Crippen molar-refractivity contribution in [2.45, 2.75) is 49.7 Å². The minimum absolute atomic E-state index is 0.0224. The number of alkyl halides is 3. The summed E-state index contributed by atoms with van der Waals surface area (Å²) < 4.78 is 66.1. The smallest absolute Gasteiger partial charge is 0.298 e. The second-order valence-corrected chi connectivity index (χ2v) is 10.7. The van der Waals surface area contributed by atoms with Gasteiger partial charge in [-0.25, -0.2) is 18.4 Å². The predicted molar refractivity (Wildman–Crippen MR) is 129 cm³/mol. The molecule has 3 aromatic rings. The molecule has 0 aliphatic carbocycles. The van der Waals surface area contributed by atoms with Crippen LogP contribution in [-0.2, 0) is 27.4 Å². The summed E-state index contributed by atoms with van der Waals surface area (Å²) in [6, 6.07) is 11.0. The first kappa shape index (κ1) is 26.6. The van der Waals surface area contributed by atoms with Crippen LogP contribution in [0, 0.1) is 0 Å². The van der Waals surface area contributed by atoms with E-state index < -0.39 is 27.8 Å². The molecule has 0 N–H and O–H groups in total. The Morgan fingerprint density at radius 3 is 2.32 bits per heavy atom. The Morgan fingerprint density at radius 2 is 1.70 bits per heavy atom. The van der Waals surface area contributed by atoms with Crippen molar-refractivity contribution in [3.05, 3.63) is 77.7 Å². The minimum Gasteiger partial charge on any atom is -0.298 e. The summed E-state index contributed by atoms with van der Waals surface area (Å²) in [5.41, 5.74) is 1.05. The number of Topliss-reactive ketones (excluding diaryl/α,β-unsaturated/α-hetero) is 2. The first-order valence-corrected chi connectivity index (χ1v) is 13.0. The monoisotopic (exact) mass is 531 g/mol. The second-order valence-electron chi connectivity index (χ2n) is 8.79. The maximum Gasteiger partial charge on any atom is 0.416 e. The highest BCUT2D eigenvalue weighted by Gasteiger charge is 2.39. The Hall–Kier alpha value is -3.44. The van der Waals surface area contributed by atoms with Gasteiger partial charge in [-0.3, -0.25) is 9.59 Å². The number of carbonyl (C=O) groups excluding carboxylic acids is 2. The van der Waals surface area contributed by atoms with Gasteiger partial charge in [-0.1, -0.05) is 24.3 Å². The number of aromatic nitrogens is 2. The second kappa shape index (κ2) is 10.5. The molecule has 0 unspecified atom stereocenters. The van der Waals surface area contributed by atoms with Crippen LogP contribution in [0.3, 0.4) is 0 Å². The SMILES string of the molecule is CC(=O)c1ccc(S(=O)(=O)N2CCC[C@H]2C(=O)CCc2cc(-c3ccc(C(F)(F)F)cc3)ncn2)cc1. The molecule has 37 heavy (non-hydrogen) atoms. The topological polar surface area (TPSA) is 97.3 Å². The lowest BCUT2D eigenvalue weighted by Crippen LogP contribution is -2.40. The standard InChI is InChI=1S/C26H24F3N3O4S/c1-17(33)18-6-11-22(12-7-18)37(35,36)32-14-2-3-24(32)25(34)13-10-21-15-23(31-16-30-21)19-4-8-20(9-5-19)26(27,28)29/h4-9,11-12,15-16,24H,2-3,10,13-14H2,1H3/t24-/m0/s1. The first-order chi connectivity index (χ1) is 17.5. The molecule has 4 rings (SSSR count). The molecule has 0 saturated carbocycles. The molecule has 2 aromatic carbocycles. The molecule has 0 bridgehead atoms. The van der Waals surface area contributed by atoms with Crippen molar-refractivity contribution >= 4 is 21.6 Å². The summed E-state index contributed by atoms with van der Waals surface area (Å²) in [4.78, 5) is 32.8. The maximum absolute atomic E-state index is 13.2. The van der Waals surface area contributed by atoms with Crippen LogP contribution in [0.1, 0.15) is 47.8 Å². The van der Waals surface area contributed by atoms with Crippen molar-refractivity contribution in [2.24, 2.45) is 0 Å². The Labute approximate surface area is 212 Å². The lowest BCUT2D eigenvalue weighted by Gasteiger charge is -2.23. The van der Waals surface area contributed by atoms with Crippen molar-refractivity contribution in [1.82, 2.24) is 14.3 Å². The highest BCUT2D eigenvalue weighted by atomic mass is 32.2. The van der Waals surface area contributed by atoms with Gasteiger partial charge in [-0.15, -0.1) is 0 Å². The van der Waals surface area contributed by atoms with Crippen LogP contribution in [0.15, 0.2) is 65.8 Å². The zero-order valence-electron chi connectivity index (χ0n) is 19.9. The van der Waals surface area contributed by atoms with E-state index in [2.05, 4.69) is 9.97 Å². The normalized spacial score (nSPS) is 16.6. The first-order valence-electron chi connectivity index (χ1n) is 11.6. The number of hydrogen-bond acceptors (Lipinski definition) is 6. The van der Waals surface area contributed by atoms with E-state index in [1.807, 2.05) is 0 Å². The molecule has 1 aliphatic rings. The molecule has 1 fully saturated rings. The Balaban J connectivity index is 1.44. The third-order valence-corrected chi connectivity index (χ3v) is 8.22. The van der Waals surface area contributed by atoms with Gasteiger partial charge in [0.2, 0.25) is 10.0 Å². The summed E-state index contributed by atoms with van der Waals surface area (Å²) in [7, 11) is -3.92. The van der Waals surface area contributed by atoms with Crippen LogP contribution in [0.25, 0.3) is 11.3 Å². The molecule has 1 atom stereocenters. The Kier molecular flexibility index (Phi) is 7.56. The Bertz CT molecular complexity index is 1410. The largest absolute Gasteiger partial charge is 0.416 e. The van der Waals surface area contributed by atoms with Gasteiger partial charge in [0.15, 0.2) is 11.6 Å². The van der Waals surface area contributed by atoms with Crippen LogP contribution in [0.4, 0.5) is 13.2 Å². The van der Waals surface area contributed by atoms with E-state index in [1.165, 1.54) is 54.0 Å². The molecule has 0 radical (unpaired) electrons. The van der Waals surface area contributed by atoms with E-state index in [-0.39, 0.29) is 35.8 Å². The zero-order chi connectivity index (χ0) is 26.8. The molecule has 7 nitrogen and oxygen atoms in total. The molecule has 1 aromatic heterocycles. The van der Waals surface area contributed by atoms with Gasteiger partial charge in [-0.2, -0.15) is 17.5 Å². The highest BCUT2D eigenvalue weighted by Crippen LogP contribution is 2.31. The van der Waals surface area contributed by atoms with Crippen LogP contribution in [0.2, 0.25) is 0 Å². The number of ketones is 2. The fourth-order valence-electron chi connectivity index (χ4n) is 4.29. The zero-order valence-corrected chi connectivity index (χ0v) is 20.7. The van der Waals surface area contributed by atoms with Crippen molar-refractivity contribution < 1.29 is 31.2 Å². The highest BCUT2D eigenvalue weighted by molar-refractivity contribution is 7.89. The van der Waals surface area contributed by atoms with E-state index in [4.69, 9.17) is 0 Å². The number of benzene rings is 2. The number of halogens is 3. The minimum atomic E-state index is -4.44. The van der Waals surface area contributed by atoms with Crippen LogP contribution >= 0.6 is 0 Å². The molecular formula is C26H24F3N3O4S. The Morgan fingerprint density at radius 1 is 1.03 bits per heavy atom. The van der Waals surface area contributed by atoms with Crippen molar-refractivity contribution in [2.75, 3.05) is 6.54 Å². The number of carbonyl (C=O) groups is 2. The quantitative estimate of drug-likeness (QED) is 0.390. The molecule has 1 saturated heterocycles. The summed E-state index contributed by atoms with van der Waals surface area (Å²) in [6.07, 6.45) is -1.92.